The molecule has 1 atom stereocenters. The number of anilines is 1. The Morgan fingerprint density at radius 3 is 2.75 bits per heavy atom. The highest BCUT2D eigenvalue weighted by atomic mass is 79.9. The number of hydrogen-bond donors (Lipinski definition) is 2. The van der Waals surface area contributed by atoms with E-state index in [1.807, 2.05) is 12.1 Å². The van der Waals surface area contributed by atoms with Crippen molar-refractivity contribution in [1.82, 2.24) is 4.90 Å². The van der Waals surface area contributed by atoms with Gasteiger partial charge in [0.05, 0.1) is 0 Å². The number of hydrogen-bond acceptors (Lipinski definition) is 3. The van der Waals surface area contributed by atoms with Gasteiger partial charge in [-0.15, -0.1) is 0 Å². The van der Waals surface area contributed by atoms with Crippen molar-refractivity contribution in [2.45, 2.75) is 26.3 Å². The molecule has 1 aromatic rings. The second-order valence-electron chi connectivity index (χ2n) is 5.18. The molecule has 0 amide bonds. The third-order valence-electron chi connectivity index (χ3n) is 4.08. The van der Waals surface area contributed by atoms with Crippen LogP contribution in [0.5, 0.6) is 0 Å². The fourth-order valence-electron chi connectivity index (χ4n) is 2.99. The topological polar surface area (TPSA) is 56.4 Å². The summed E-state index contributed by atoms with van der Waals surface area (Å²) in [6, 6.07) is 6.54. The number of nitrogens with zero attached hydrogens (tertiary/aromatic N) is 2. The number of likely N-dealkylation sites (N-methyl/N-ethyl adjacent to an activating group) is 1. The van der Waals surface area contributed by atoms with Gasteiger partial charge in [-0.05, 0) is 37.7 Å². The Morgan fingerprint density at radius 2 is 2.15 bits per heavy atom. The molecule has 1 aromatic carbocycles. The van der Waals surface area contributed by atoms with E-state index < -0.39 is 0 Å². The van der Waals surface area contributed by atoms with Crippen LogP contribution in [0.4, 0.5) is 5.69 Å². The van der Waals surface area contributed by atoms with E-state index in [9.17, 15) is 0 Å². The van der Waals surface area contributed by atoms with Gasteiger partial charge in [0.1, 0.15) is 5.84 Å². The highest BCUT2D eigenvalue weighted by Gasteiger charge is 2.27. The van der Waals surface area contributed by atoms with Crippen molar-refractivity contribution in [2.75, 3.05) is 31.1 Å². The van der Waals surface area contributed by atoms with E-state index in [4.69, 9.17) is 11.1 Å². The lowest BCUT2D eigenvalue weighted by atomic mass is 10.1. The zero-order chi connectivity index (χ0) is 14.7. The number of rotatable bonds is 5. The summed E-state index contributed by atoms with van der Waals surface area (Å²) in [6.07, 6.45) is 1.17. The molecule has 0 saturated carbocycles. The predicted molar refractivity (Wildman–Crippen MR) is 88.7 cm³/mol. The van der Waals surface area contributed by atoms with E-state index >= 15 is 0 Å². The fourth-order valence-corrected chi connectivity index (χ4v) is 3.34. The first-order valence-corrected chi connectivity index (χ1v) is 7.99. The summed E-state index contributed by atoms with van der Waals surface area (Å²) in [5.74, 6) is 0.138. The SMILES string of the molecule is CCN(CC)C1CCN(c2cc(Br)ccc2C(=N)N)C1. The van der Waals surface area contributed by atoms with Gasteiger partial charge in [0.15, 0.2) is 0 Å². The lowest BCUT2D eigenvalue weighted by Crippen LogP contribution is -2.37. The molecule has 110 valence electrons. The van der Waals surface area contributed by atoms with Gasteiger partial charge in [-0.1, -0.05) is 29.8 Å². The third-order valence-corrected chi connectivity index (χ3v) is 4.58. The minimum Gasteiger partial charge on any atom is -0.384 e. The Bertz CT molecular complexity index is 485. The van der Waals surface area contributed by atoms with E-state index in [1.165, 1.54) is 6.42 Å². The van der Waals surface area contributed by atoms with Crippen molar-refractivity contribution in [1.29, 1.82) is 5.41 Å². The quantitative estimate of drug-likeness (QED) is 0.641. The second-order valence-corrected chi connectivity index (χ2v) is 6.10. The largest absolute Gasteiger partial charge is 0.384 e. The van der Waals surface area contributed by atoms with Crippen LogP contribution in [0.25, 0.3) is 0 Å². The van der Waals surface area contributed by atoms with Crippen LogP contribution >= 0.6 is 15.9 Å². The molecule has 4 nitrogen and oxygen atoms in total. The summed E-state index contributed by atoms with van der Waals surface area (Å²) in [4.78, 5) is 4.86. The normalized spacial score (nSPS) is 18.8. The molecule has 3 N–H and O–H groups in total. The van der Waals surface area contributed by atoms with Crippen molar-refractivity contribution in [2.24, 2.45) is 5.73 Å². The van der Waals surface area contributed by atoms with Gasteiger partial charge in [-0.3, -0.25) is 10.3 Å². The maximum atomic E-state index is 7.74. The Morgan fingerprint density at radius 1 is 1.45 bits per heavy atom. The molecule has 1 fully saturated rings. The molecule has 0 bridgehead atoms. The van der Waals surface area contributed by atoms with Crippen molar-refractivity contribution in [3.8, 4) is 0 Å². The third kappa shape index (κ3) is 3.15. The highest BCUT2D eigenvalue weighted by molar-refractivity contribution is 9.10. The van der Waals surface area contributed by atoms with Gasteiger partial charge in [0.25, 0.3) is 0 Å². The van der Waals surface area contributed by atoms with Crippen molar-refractivity contribution in [3.63, 3.8) is 0 Å². The van der Waals surface area contributed by atoms with Gasteiger partial charge in [0, 0.05) is 34.9 Å². The van der Waals surface area contributed by atoms with E-state index in [1.54, 1.807) is 0 Å². The minimum atomic E-state index is 0.138. The molecule has 0 spiro atoms. The van der Waals surface area contributed by atoms with E-state index in [-0.39, 0.29) is 5.84 Å². The number of benzene rings is 1. The summed E-state index contributed by atoms with van der Waals surface area (Å²) in [7, 11) is 0. The summed E-state index contributed by atoms with van der Waals surface area (Å²) < 4.78 is 1.03. The first kappa shape index (κ1) is 15.3. The van der Waals surface area contributed by atoms with Crippen LogP contribution in [0.1, 0.15) is 25.8 Å². The van der Waals surface area contributed by atoms with E-state index in [0.29, 0.717) is 6.04 Å². The van der Waals surface area contributed by atoms with Gasteiger partial charge in [0.2, 0.25) is 0 Å². The van der Waals surface area contributed by atoms with Gasteiger partial charge in [-0.2, -0.15) is 0 Å². The molecule has 5 heteroatoms. The second kappa shape index (κ2) is 6.59. The van der Waals surface area contributed by atoms with Crippen LogP contribution in [-0.4, -0.2) is 43.0 Å². The molecule has 1 heterocycles. The number of nitrogen functional groups attached to an aromatic ring is 1. The summed E-state index contributed by atoms with van der Waals surface area (Å²) in [5, 5.41) is 7.74. The van der Waals surface area contributed by atoms with Gasteiger partial charge >= 0.3 is 0 Å². The lowest BCUT2D eigenvalue weighted by molar-refractivity contribution is 0.232. The van der Waals surface area contributed by atoms with Crippen LogP contribution in [0.2, 0.25) is 0 Å². The summed E-state index contributed by atoms with van der Waals surface area (Å²) in [6.45, 7) is 8.65. The van der Waals surface area contributed by atoms with Gasteiger partial charge < -0.3 is 10.6 Å². The Balaban J connectivity index is 2.21. The molecule has 1 unspecified atom stereocenters. The predicted octanol–water partition coefficient (Wildman–Crippen LogP) is 2.65. The number of nitrogens with one attached hydrogen (secondary N) is 1. The molecule has 1 aliphatic rings. The van der Waals surface area contributed by atoms with Crippen LogP contribution < -0.4 is 10.6 Å². The Labute approximate surface area is 129 Å². The van der Waals surface area contributed by atoms with E-state index in [0.717, 1.165) is 41.9 Å². The maximum Gasteiger partial charge on any atom is 0.124 e. The lowest BCUT2D eigenvalue weighted by Gasteiger charge is -2.27. The molecular formula is C15H23BrN4. The smallest absolute Gasteiger partial charge is 0.124 e. The number of halogens is 1. The monoisotopic (exact) mass is 338 g/mol. The molecule has 0 aromatic heterocycles. The summed E-state index contributed by atoms with van der Waals surface area (Å²) >= 11 is 3.52. The molecule has 20 heavy (non-hydrogen) atoms. The van der Waals surface area contributed by atoms with Crippen LogP contribution in [0, 0.1) is 5.41 Å². The zero-order valence-corrected chi connectivity index (χ0v) is 13.8. The standard InChI is InChI=1S/C15H23BrN4/c1-3-19(4-2)12-7-8-20(10-12)14-9-11(16)5-6-13(14)15(17)18/h5-6,9,12H,3-4,7-8,10H2,1-2H3,(H3,17,18). The molecule has 2 rings (SSSR count). The Hall–Kier alpha value is -1.07. The number of nitrogens with two attached hydrogens (primary N) is 1. The molecule has 1 saturated heterocycles. The van der Waals surface area contributed by atoms with Crippen molar-refractivity contribution < 1.29 is 0 Å². The molecule has 0 aliphatic carbocycles. The van der Waals surface area contributed by atoms with Crippen LogP contribution in [0.3, 0.4) is 0 Å². The molecule has 1 aliphatic heterocycles. The van der Waals surface area contributed by atoms with E-state index in [2.05, 4.69) is 45.6 Å². The average molecular weight is 339 g/mol. The van der Waals surface area contributed by atoms with Crippen LogP contribution in [0.15, 0.2) is 22.7 Å². The van der Waals surface area contributed by atoms with Crippen molar-refractivity contribution >= 4 is 27.5 Å². The first-order valence-electron chi connectivity index (χ1n) is 7.19. The Kier molecular flexibility index (Phi) is 5.05. The van der Waals surface area contributed by atoms with Crippen LogP contribution in [-0.2, 0) is 0 Å². The van der Waals surface area contributed by atoms with Crippen molar-refractivity contribution in [3.05, 3.63) is 28.2 Å². The van der Waals surface area contributed by atoms with Gasteiger partial charge in [-0.25, -0.2) is 0 Å². The minimum absolute atomic E-state index is 0.138. The highest BCUT2D eigenvalue weighted by Crippen LogP contribution is 2.29. The average Bonchev–Trinajstić information content (AvgIpc) is 2.89. The number of amidine groups is 1. The zero-order valence-electron chi connectivity index (χ0n) is 12.2. The first-order chi connectivity index (χ1) is 9.56. The fraction of sp³-hybridized carbons (Fsp3) is 0.533. The summed E-state index contributed by atoms with van der Waals surface area (Å²) in [5.41, 5.74) is 7.61. The molecule has 0 radical (unpaired) electrons. The molecular weight excluding hydrogens is 316 g/mol. The maximum absolute atomic E-state index is 7.74.